The van der Waals surface area contributed by atoms with Gasteiger partial charge in [-0.3, -0.25) is 9.69 Å². The highest BCUT2D eigenvalue weighted by molar-refractivity contribution is 5.74. The van der Waals surface area contributed by atoms with Gasteiger partial charge in [0.25, 0.3) is 0 Å². The van der Waals surface area contributed by atoms with Crippen LogP contribution in [0.25, 0.3) is 0 Å². The molecule has 2 saturated heterocycles. The van der Waals surface area contributed by atoms with E-state index in [9.17, 15) is 4.79 Å². The van der Waals surface area contributed by atoms with Crippen molar-refractivity contribution in [3.05, 3.63) is 11.7 Å². The normalized spacial score (nSPS) is 27.4. The topological polar surface area (TPSA) is 62.5 Å². The fourth-order valence-corrected chi connectivity index (χ4v) is 3.65. The van der Waals surface area contributed by atoms with Gasteiger partial charge in [-0.05, 0) is 32.2 Å². The van der Waals surface area contributed by atoms with Crippen LogP contribution in [-0.2, 0) is 11.3 Å². The van der Waals surface area contributed by atoms with Crippen LogP contribution in [0.3, 0.4) is 0 Å². The predicted octanol–water partition coefficient (Wildman–Crippen LogP) is 1.35. The van der Waals surface area contributed by atoms with Gasteiger partial charge in [0.1, 0.15) is 0 Å². The standard InChI is InChI=1S/C14H22N4O2/c1-10-15-14(16-20-10)9-17-7-3-5-12(17)13-6-4-8-18(13)11(2)19/h12-13H,3-9H2,1-2H3. The molecule has 0 radical (unpaired) electrons. The first-order valence-corrected chi connectivity index (χ1v) is 7.45. The smallest absolute Gasteiger partial charge is 0.223 e. The molecule has 2 aliphatic rings. The maximum Gasteiger partial charge on any atom is 0.223 e. The van der Waals surface area contributed by atoms with Crippen molar-refractivity contribution >= 4 is 5.91 Å². The monoisotopic (exact) mass is 278 g/mol. The Hall–Kier alpha value is -1.43. The molecule has 6 nitrogen and oxygen atoms in total. The van der Waals surface area contributed by atoms with Crippen molar-refractivity contribution in [2.75, 3.05) is 13.1 Å². The zero-order valence-electron chi connectivity index (χ0n) is 12.2. The van der Waals surface area contributed by atoms with Crippen LogP contribution >= 0.6 is 0 Å². The largest absolute Gasteiger partial charge is 0.340 e. The summed E-state index contributed by atoms with van der Waals surface area (Å²) in [5.74, 6) is 1.57. The van der Waals surface area contributed by atoms with E-state index in [1.165, 1.54) is 6.42 Å². The van der Waals surface area contributed by atoms with Crippen LogP contribution < -0.4 is 0 Å². The molecule has 20 heavy (non-hydrogen) atoms. The molecule has 0 spiro atoms. The zero-order chi connectivity index (χ0) is 14.1. The SMILES string of the molecule is CC(=O)N1CCCC1C1CCCN1Cc1noc(C)n1. The quantitative estimate of drug-likeness (QED) is 0.835. The van der Waals surface area contributed by atoms with E-state index in [4.69, 9.17) is 4.52 Å². The summed E-state index contributed by atoms with van der Waals surface area (Å²) in [6, 6.07) is 0.809. The summed E-state index contributed by atoms with van der Waals surface area (Å²) in [7, 11) is 0. The summed E-state index contributed by atoms with van der Waals surface area (Å²) in [5, 5.41) is 3.99. The number of amides is 1. The highest BCUT2D eigenvalue weighted by atomic mass is 16.5. The van der Waals surface area contributed by atoms with Gasteiger partial charge in [-0.15, -0.1) is 0 Å². The summed E-state index contributed by atoms with van der Waals surface area (Å²) in [5.41, 5.74) is 0. The van der Waals surface area contributed by atoms with Gasteiger partial charge in [0, 0.05) is 32.5 Å². The number of rotatable bonds is 3. The van der Waals surface area contributed by atoms with Crippen molar-refractivity contribution < 1.29 is 9.32 Å². The second-order valence-corrected chi connectivity index (χ2v) is 5.83. The second kappa shape index (κ2) is 5.52. The van der Waals surface area contributed by atoms with Gasteiger partial charge in [-0.25, -0.2) is 0 Å². The van der Waals surface area contributed by atoms with E-state index < -0.39 is 0 Å². The first kappa shape index (κ1) is 13.5. The van der Waals surface area contributed by atoms with Crippen LogP contribution in [0.2, 0.25) is 0 Å². The summed E-state index contributed by atoms with van der Waals surface area (Å²) in [6.07, 6.45) is 4.58. The van der Waals surface area contributed by atoms with E-state index in [1.807, 2.05) is 11.8 Å². The molecule has 0 N–H and O–H groups in total. The van der Waals surface area contributed by atoms with Crippen LogP contribution in [0.4, 0.5) is 0 Å². The Morgan fingerprint density at radius 1 is 1.30 bits per heavy atom. The van der Waals surface area contributed by atoms with E-state index in [0.29, 0.717) is 18.0 Å². The van der Waals surface area contributed by atoms with E-state index in [2.05, 4.69) is 15.0 Å². The number of nitrogens with zero attached hydrogens (tertiary/aromatic N) is 4. The van der Waals surface area contributed by atoms with E-state index in [-0.39, 0.29) is 5.91 Å². The number of carbonyl (C=O) groups excluding carboxylic acids is 1. The van der Waals surface area contributed by atoms with Crippen LogP contribution in [0.15, 0.2) is 4.52 Å². The van der Waals surface area contributed by atoms with Gasteiger partial charge >= 0.3 is 0 Å². The predicted molar refractivity (Wildman–Crippen MR) is 72.9 cm³/mol. The van der Waals surface area contributed by atoms with E-state index in [0.717, 1.165) is 44.7 Å². The number of hydrogen-bond acceptors (Lipinski definition) is 5. The molecule has 0 bridgehead atoms. The van der Waals surface area contributed by atoms with Crippen molar-refractivity contribution in [1.82, 2.24) is 19.9 Å². The third-order valence-electron chi connectivity index (χ3n) is 4.48. The fraction of sp³-hybridized carbons (Fsp3) is 0.786. The van der Waals surface area contributed by atoms with Crippen molar-refractivity contribution in [2.45, 2.75) is 58.2 Å². The Labute approximate surface area is 119 Å². The minimum Gasteiger partial charge on any atom is -0.340 e. The molecule has 0 aliphatic carbocycles. The third-order valence-corrected chi connectivity index (χ3v) is 4.48. The molecule has 2 aliphatic heterocycles. The highest BCUT2D eigenvalue weighted by Crippen LogP contribution is 2.30. The van der Waals surface area contributed by atoms with Gasteiger partial charge < -0.3 is 9.42 Å². The summed E-state index contributed by atoms with van der Waals surface area (Å²) in [6.45, 7) is 6.18. The lowest BCUT2D eigenvalue weighted by Gasteiger charge is -2.34. The van der Waals surface area contributed by atoms with Gasteiger partial charge in [0.2, 0.25) is 11.8 Å². The lowest BCUT2D eigenvalue weighted by molar-refractivity contribution is -0.130. The number of hydrogen-bond donors (Lipinski definition) is 0. The van der Waals surface area contributed by atoms with E-state index >= 15 is 0 Å². The molecule has 6 heteroatoms. The Morgan fingerprint density at radius 2 is 2.05 bits per heavy atom. The molecule has 3 rings (SSSR count). The molecule has 2 fully saturated rings. The average Bonchev–Trinajstić information content (AvgIpc) is 3.09. The summed E-state index contributed by atoms with van der Waals surface area (Å²) < 4.78 is 5.04. The molecule has 1 amide bonds. The second-order valence-electron chi connectivity index (χ2n) is 5.83. The Balaban J connectivity index is 1.70. The van der Waals surface area contributed by atoms with Gasteiger partial charge in [-0.1, -0.05) is 5.16 Å². The number of likely N-dealkylation sites (tertiary alicyclic amines) is 2. The van der Waals surface area contributed by atoms with Crippen molar-refractivity contribution in [1.29, 1.82) is 0 Å². The third kappa shape index (κ3) is 2.57. The minimum atomic E-state index is 0.203. The summed E-state index contributed by atoms with van der Waals surface area (Å²) in [4.78, 5) is 20.5. The molecular weight excluding hydrogens is 256 g/mol. The average molecular weight is 278 g/mol. The molecule has 0 aromatic carbocycles. The molecule has 1 aromatic rings. The van der Waals surface area contributed by atoms with Crippen LogP contribution in [-0.4, -0.2) is 51.0 Å². The zero-order valence-corrected chi connectivity index (χ0v) is 12.2. The van der Waals surface area contributed by atoms with Crippen LogP contribution in [0.5, 0.6) is 0 Å². The molecular formula is C14H22N4O2. The minimum absolute atomic E-state index is 0.203. The van der Waals surface area contributed by atoms with Crippen molar-refractivity contribution in [2.24, 2.45) is 0 Å². The first-order valence-electron chi connectivity index (χ1n) is 7.45. The Kier molecular flexibility index (Phi) is 3.74. The van der Waals surface area contributed by atoms with Gasteiger partial charge in [0.15, 0.2) is 5.82 Å². The van der Waals surface area contributed by atoms with Gasteiger partial charge in [-0.2, -0.15) is 4.98 Å². The molecule has 110 valence electrons. The van der Waals surface area contributed by atoms with Crippen molar-refractivity contribution in [3.8, 4) is 0 Å². The molecule has 0 saturated carbocycles. The lowest BCUT2D eigenvalue weighted by atomic mass is 10.0. The molecule has 3 heterocycles. The summed E-state index contributed by atoms with van der Waals surface area (Å²) >= 11 is 0. The van der Waals surface area contributed by atoms with Crippen LogP contribution in [0.1, 0.15) is 44.3 Å². The highest BCUT2D eigenvalue weighted by Gasteiger charge is 2.38. The Bertz CT molecular complexity index is 487. The Morgan fingerprint density at radius 3 is 2.75 bits per heavy atom. The fourth-order valence-electron chi connectivity index (χ4n) is 3.65. The van der Waals surface area contributed by atoms with E-state index in [1.54, 1.807) is 6.92 Å². The molecule has 1 aromatic heterocycles. The molecule has 2 atom stereocenters. The van der Waals surface area contributed by atoms with Crippen LogP contribution in [0, 0.1) is 6.92 Å². The maximum absolute atomic E-state index is 11.7. The number of aryl methyl sites for hydroxylation is 1. The maximum atomic E-state index is 11.7. The number of carbonyl (C=O) groups is 1. The van der Waals surface area contributed by atoms with Gasteiger partial charge in [0.05, 0.1) is 6.54 Å². The lowest BCUT2D eigenvalue weighted by Crippen LogP contribution is -2.47. The molecule has 2 unspecified atom stereocenters. The number of aromatic nitrogens is 2. The van der Waals surface area contributed by atoms with Crippen molar-refractivity contribution in [3.63, 3.8) is 0 Å². The first-order chi connectivity index (χ1) is 9.65.